The van der Waals surface area contributed by atoms with E-state index in [1.54, 1.807) is 43.3 Å². The molecule has 1 amide bonds. The maximum atomic E-state index is 13.7. The second-order valence-electron chi connectivity index (χ2n) is 7.95. The molecule has 0 bridgehead atoms. The zero-order chi connectivity index (χ0) is 23.3. The Morgan fingerprint density at radius 1 is 1.24 bits per heavy atom. The van der Waals surface area contributed by atoms with Crippen LogP contribution in [0.15, 0.2) is 60.0 Å². The van der Waals surface area contributed by atoms with E-state index < -0.39 is 40.4 Å². The van der Waals surface area contributed by atoms with Crippen molar-refractivity contribution in [1.82, 2.24) is 10.9 Å². The van der Waals surface area contributed by atoms with Crippen LogP contribution in [0.2, 0.25) is 0 Å². The van der Waals surface area contributed by atoms with Gasteiger partial charge in [0.1, 0.15) is 11.0 Å². The smallest absolute Gasteiger partial charge is 0.340 e. The molecule has 3 heterocycles. The van der Waals surface area contributed by atoms with Crippen LogP contribution in [0.3, 0.4) is 0 Å². The Morgan fingerprint density at radius 3 is 2.79 bits per heavy atom. The van der Waals surface area contributed by atoms with Crippen molar-refractivity contribution < 1.29 is 24.0 Å². The normalized spacial score (nSPS) is 27.5. The fraction of sp³-hybridized carbons (Fsp3) is 0.273. The number of esters is 1. The summed E-state index contributed by atoms with van der Waals surface area (Å²) in [6.45, 7) is 1.73. The third-order valence-corrected chi connectivity index (χ3v) is 6.34. The monoisotopic (exact) mass is 451 g/mol. The first-order valence-corrected chi connectivity index (χ1v) is 10.4. The molecule has 0 radical (unpaired) electrons. The Balaban J connectivity index is 1.75. The van der Waals surface area contributed by atoms with Crippen LogP contribution >= 0.6 is 0 Å². The van der Waals surface area contributed by atoms with Crippen molar-refractivity contribution in [3.8, 4) is 0 Å². The van der Waals surface area contributed by atoms with Gasteiger partial charge in [-0.25, -0.2) is 15.6 Å². The first-order chi connectivity index (χ1) is 15.9. The molecule has 2 aromatic rings. The molecule has 4 atom stereocenters. The topological polar surface area (TPSA) is 158 Å². The molecule has 1 fully saturated rings. The number of nitro benzene ring substituents is 1. The second kappa shape index (κ2) is 7.57. The van der Waals surface area contributed by atoms with E-state index in [2.05, 4.69) is 16.2 Å². The molecular formula is C22H21N5O6. The van der Waals surface area contributed by atoms with Crippen LogP contribution in [0.4, 0.5) is 11.4 Å². The molecule has 2 aromatic carbocycles. The standard InChI is InChI=1S/C22H21N5O6/c1-2-32-20(28)16-18(23)33-19-15(22(16)13-8-3-4-9-14(13)24-21(22)29)17(25-26-19)11-6-5-7-12(10-11)27(30)31/h3-10,15,17,19,25-26H,2,23H2,1H3,(H,24,29). The lowest BCUT2D eigenvalue weighted by atomic mass is 9.61. The maximum Gasteiger partial charge on any atom is 0.340 e. The Kier molecular flexibility index (Phi) is 4.80. The van der Waals surface area contributed by atoms with Crippen LogP contribution in [0.5, 0.6) is 0 Å². The minimum absolute atomic E-state index is 0.0772. The van der Waals surface area contributed by atoms with Crippen molar-refractivity contribution >= 4 is 23.3 Å². The van der Waals surface area contributed by atoms with Gasteiger partial charge in [0.15, 0.2) is 12.1 Å². The van der Waals surface area contributed by atoms with Crippen LogP contribution < -0.4 is 21.9 Å². The number of hydrazine groups is 1. The van der Waals surface area contributed by atoms with Crippen LogP contribution in [-0.4, -0.2) is 29.6 Å². The number of hydrogen-bond acceptors (Lipinski definition) is 9. The van der Waals surface area contributed by atoms with Gasteiger partial charge in [0.05, 0.1) is 23.5 Å². The van der Waals surface area contributed by atoms with Gasteiger partial charge >= 0.3 is 5.97 Å². The molecule has 170 valence electrons. The number of hydrogen-bond donors (Lipinski definition) is 4. The number of anilines is 1. The average Bonchev–Trinajstić information content (AvgIpc) is 3.34. The lowest BCUT2D eigenvalue weighted by molar-refractivity contribution is -0.384. The summed E-state index contributed by atoms with van der Waals surface area (Å²) in [4.78, 5) is 37.8. The molecule has 0 saturated carbocycles. The molecule has 4 unspecified atom stereocenters. The minimum atomic E-state index is -1.55. The zero-order valence-corrected chi connectivity index (χ0v) is 17.5. The quantitative estimate of drug-likeness (QED) is 0.306. The van der Waals surface area contributed by atoms with Crippen molar-refractivity contribution in [2.75, 3.05) is 11.9 Å². The summed E-state index contributed by atoms with van der Waals surface area (Å²) in [5.74, 6) is -2.15. The summed E-state index contributed by atoms with van der Waals surface area (Å²) in [6.07, 6.45) is -0.802. The summed E-state index contributed by atoms with van der Waals surface area (Å²) in [5.41, 5.74) is 12.2. The number of nitrogens with zero attached hydrogens (tertiary/aromatic N) is 1. The molecule has 0 aliphatic carbocycles. The zero-order valence-electron chi connectivity index (χ0n) is 17.5. The second-order valence-corrected chi connectivity index (χ2v) is 7.95. The van der Waals surface area contributed by atoms with Crippen LogP contribution in [0, 0.1) is 16.0 Å². The van der Waals surface area contributed by atoms with Gasteiger partial charge in [-0.2, -0.15) is 0 Å². The number of carbonyl (C=O) groups is 2. The van der Waals surface area contributed by atoms with Crippen molar-refractivity contribution in [3.05, 3.63) is 81.2 Å². The molecule has 1 saturated heterocycles. The summed E-state index contributed by atoms with van der Waals surface area (Å²) >= 11 is 0. The van der Waals surface area contributed by atoms with Crippen LogP contribution in [-0.2, 0) is 24.5 Å². The van der Waals surface area contributed by atoms with E-state index in [4.69, 9.17) is 15.2 Å². The Hall–Kier alpha value is -3.96. The largest absolute Gasteiger partial charge is 0.462 e. The molecule has 3 aliphatic heterocycles. The van der Waals surface area contributed by atoms with Gasteiger partial charge in [-0.05, 0) is 24.1 Å². The van der Waals surface area contributed by atoms with E-state index >= 15 is 0 Å². The SMILES string of the molecule is CCOC(=O)C1=C(N)OC2NNC(c3cccc([N+](=O)[O-])c3)C2C12C(=O)Nc1ccccc12. The number of rotatable bonds is 4. The summed E-state index contributed by atoms with van der Waals surface area (Å²) in [7, 11) is 0. The molecule has 11 heteroatoms. The van der Waals surface area contributed by atoms with Gasteiger partial charge in [-0.1, -0.05) is 30.3 Å². The van der Waals surface area contributed by atoms with Crippen molar-refractivity contribution in [3.63, 3.8) is 0 Å². The highest BCUT2D eigenvalue weighted by Gasteiger charge is 2.67. The Bertz CT molecular complexity index is 1210. The van der Waals surface area contributed by atoms with E-state index in [1.807, 2.05) is 0 Å². The number of para-hydroxylation sites is 1. The van der Waals surface area contributed by atoms with E-state index in [0.717, 1.165) is 0 Å². The minimum Gasteiger partial charge on any atom is -0.462 e. The van der Waals surface area contributed by atoms with Gasteiger partial charge in [-0.3, -0.25) is 14.9 Å². The molecule has 3 aliphatic rings. The number of fused-ring (bicyclic) bond motifs is 4. The molecule has 0 aromatic heterocycles. The number of ether oxygens (including phenoxy) is 2. The van der Waals surface area contributed by atoms with Gasteiger partial charge in [0, 0.05) is 17.8 Å². The Morgan fingerprint density at radius 2 is 2.03 bits per heavy atom. The molecule has 5 rings (SSSR count). The van der Waals surface area contributed by atoms with Gasteiger partial charge < -0.3 is 20.5 Å². The fourth-order valence-corrected chi connectivity index (χ4v) is 5.11. The predicted molar refractivity (Wildman–Crippen MR) is 115 cm³/mol. The predicted octanol–water partition coefficient (Wildman–Crippen LogP) is 1.34. The van der Waals surface area contributed by atoms with Crippen molar-refractivity contribution in [1.29, 1.82) is 0 Å². The highest BCUT2D eigenvalue weighted by molar-refractivity contribution is 6.14. The van der Waals surface area contributed by atoms with E-state index in [9.17, 15) is 19.7 Å². The average molecular weight is 451 g/mol. The van der Waals surface area contributed by atoms with Crippen molar-refractivity contribution in [2.24, 2.45) is 11.7 Å². The first-order valence-electron chi connectivity index (χ1n) is 10.4. The van der Waals surface area contributed by atoms with Crippen molar-refractivity contribution in [2.45, 2.75) is 24.6 Å². The first kappa shape index (κ1) is 20.9. The fourth-order valence-electron chi connectivity index (χ4n) is 5.11. The third-order valence-electron chi connectivity index (χ3n) is 6.34. The highest BCUT2D eigenvalue weighted by atomic mass is 16.6. The molecular weight excluding hydrogens is 430 g/mol. The van der Waals surface area contributed by atoms with Crippen LogP contribution in [0.25, 0.3) is 0 Å². The molecule has 33 heavy (non-hydrogen) atoms. The summed E-state index contributed by atoms with van der Waals surface area (Å²) in [5, 5.41) is 14.2. The number of nitrogens with one attached hydrogen (secondary N) is 3. The number of amides is 1. The highest BCUT2D eigenvalue weighted by Crippen LogP contribution is 2.57. The van der Waals surface area contributed by atoms with E-state index in [0.29, 0.717) is 16.8 Å². The summed E-state index contributed by atoms with van der Waals surface area (Å²) in [6, 6.07) is 12.5. The van der Waals surface area contributed by atoms with Gasteiger partial charge in [0.2, 0.25) is 5.91 Å². The van der Waals surface area contributed by atoms with Gasteiger partial charge in [-0.15, -0.1) is 0 Å². The lowest BCUT2D eigenvalue weighted by Gasteiger charge is -2.43. The molecule has 5 N–H and O–H groups in total. The number of carbonyl (C=O) groups excluding carboxylic acids is 2. The Labute approximate surface area is 188 Å². The number of non-ortho nitro benzene ring substituents is 1. The maximum absolute atomic E-state index is 13.7. The lowest BCUT2D eigenvalue weighted by Crippen LogP contribution is -2.56. The summed E-state index contributed by atoms with van der Waals surface area (Å²) < 4.78 is 11.1. The van der Waals surface area contributed by atoms with Gasteiger partial charge in [0.25, 0.3) is 5.69 Å². The van der Waals surface area contributed by atoms with E-state index in [1.165, 1.54) is 12.1 Å². The number of nitro groups is 1. The van der Waals surface area contributed by atoms with E-state index in [-0.39, 0.29) is 23.8 Å². The number of nitrogens with two attached hydrogens (primary N) is 1. The molecule has 1 spiro atoms. The third kappa shape index (κ3) is 2.90. The van der Waals surface area contributed by atoms with Crippen LogP contribution in [0.1, 0.15) is 24.1 Å². The number of benzene rings is 2. The molecule has 11 nitrogen and oxygen atoms in total.